The zero-order chi connectivity index (χ0) is 20.3. The van der Waals surface area contributed by atoms with Crippen molar-refractivity contribution in [1.82, 2.24) is 4.90 Å². The number of nitrogens with zero attached hydrogens (tertiary/aromatic N) is 1. The third-order valence-electron chi connectivity index (χ3n) is 3.58. The molecular weight excluding hydrogens is 318 g/mol. The summed E-state index contributed by atoms with van der Waals surface area (Å²) < 4.78 is 0. The fraction of sp³-hybridized carbons (Fsp3) is 0.875. The van der Waals surface area contributed by atoms with Crippen molar-refractivity contribution in [2.24, 2.45) is 0 Å². The lowest BCUT2D eigenvalue weighted by Crippen LogP contribution is -1.99. The van der Waals surface area contributed by atoms with E-state index < -0.39 is 0 Å². The molecule has 0 aromatic rings. The molecule has 0 spiro atoms. The zero-order valence-corrected chi connectivity index (χ0v) is 19.2. The summed E-state index contributed by atoms with van der Waals surface area (Å²) in [7, 11) is 6.00. The van der Waals surface area contributed by atoms with E-state index in [4.69, 9.17) is 0 Å². The fourth-order valence-electron chi connectivity index (χ4n) is 2.30. The van der Waals surface area contributed by atoms with Crippen molar-refractivity contribution >= 4 is 6.29 Å². The molecule has 0 saturated carbocycles. The number of allylic oxidation sites excluding steroid dienone is 2. The highest BCUT2D eigenvalue weighted by molar-refractivity contribution is 5.48. The van der Waals surface area contributed by atoms with Gasteiger partial charge in [0.1, 0.15) is 6.29 Å². The van der Waals surface area contributed by atoms with Crippen LogP contribution in [0.3, 0.4) is 0 Å². The molecule has 0 saturated heterocycles. The van der Waals surface area contributed by atoms with Crippen molar-refractivity contribution in [3.63, 3.8) is 0 Å². The Bertz CT molecular complexity index is 246. The first kappa shape index (κ1) is 30.1. The first-order valence-corrected chi connectivity index (χ1v) is 11.3. The van der Waals surface area contributed by atoms with Gasteiger partial charge in [-0.15, -0.1) is 0 Å². The van der Waals surface area contributed by atoms with Crippen molar-refractivity contribution < 1.29 is 4.79 Å². The average Bonchev–Trinajstić information content (AvgIpc) is 2.58. The zero-order valence-electron chi connectivity index (χ0n) is 19.2. The van der Waals surface area contributed by atoms with Gasteiger partial charge in [-0.25, -0.2) is 0 Å². The lowest BCUT2D eigenvalue weighted by molar-refractivity contribution is -0.107. The lowest BCUT2D eigenvalue weighted by Gasteiger charge is -1.98. The van der Waals surface area contributed by atoms with E-state index in [1.807, 2.05) is 26.0 Å². The lowest BCUT2D eigenvalue weighted by atomic mass is 10.1. The highest BCUT2D eigenvalue weighted by Crippen LogP contribution is 2.09. The Labute approximate surface area is 166 Å². The molecule has 0 aliphatic carbocycles. The van der Waals surface area contributed by atoms with Crippen molar-refractivity contribution in [2.75, 3.05) is 21.1 Å². The highest BCUT2D eigenvalue weighted by Gasteiger charge is 1.90. The van der Waals surface area contributed by atoms with Crippen LogP contribution in [0.2, 0.25) is 0 Å². The monoisotopic (exact) mass is 369 g/mol. The molecule has 0 N–H and O–H groups in total. The van der Waals surface area contributed by atoms with Gasteiger partial charge < -0.3 is 9.69 Å². The number of hydrogen-bond acceptors (Lipinski definition) is 2. The normalized spacial score (nSPS) is 10.3. The summed E-state index contributed by atoms with van der Waals surface area (Å²) in [5.41, 5.74) is 0. The van der Waals surface area contributed by atoms with Crippen LogP contribution in [0.25, 0.3) is 0 Å². The third-order valence-corrected chi connectivity index (χ3v) is 3.58. The summed E-state index contributed by atoms with van der Waals surface area (Å²) in [6.45, 7) is 6.52. The Morgan fingerprint density at radius 3 is 1.23 bits per heavy atom. The SMILES string of the molecule is CCC.CCCCCCCC/C=C\CCCCCCCC=O.CN(C)C. The molecule has 0 fully saturated rings. The summed E-state index contributed by atoms with van der Waals surface area (Å²) in [6.07, 6.45) is 24.9. The smallest absolute Gasteiger partial charge is 0.119 e. The molecule has 0 aromatic carbocycles. The molecule has 0 aromatic heterocycles. The Kier molecular flexibility index (Phi) is 37.1. The standard InChI is InChI=1S/C18H34O.C3H9N.C3H8/c1-2-3-4-5-6-7-8-9-10-11-12-13-14-15-16-17-18-19;1-4(2)3;1-3-2/h9-10,18H,2-8,11-17H2,1H3;1-3H3;3H2,1-2H3/b10-9-;;. The maximum atomic E-state index is 10.1. The molecule has 0 bridgehead atoms. The molecule has 0 aliphatic heterocycles. The minimum atomic E-state index is 0.748. The Morgan fingerprint density at radius 1 is 0.577 bits per heavy atom. The van der Waals surface area contributed by atoms with Crippen LogP contribution in [0.5, 0.6) is 0 Å². The molecule has 158 valence electrons. The highest BCUT2D eigenvalue weighted by atomic mass is 16.1. The van der Waals surface area contributed by atoms with E-state index in [2.05, 4.69) is 32.9 Å². The van der Waals surface area contributed by atoms with Gasteiger partial charge in [0, 0.05) is 6.42 Å². The molecule has 0 heterocycles. The van der Waals surface area contributed by atoms with Gasteiger partial charge in [-0.2, -0.15) is 0 Å². The summed E-state index contributed by atoms with van der Waals surface area (Å²) in [5, 5.41) is 0. The second-order valence-electron chi connectivity index (χ2n) is 7.59. The summed E-state index contributed by atoms with van der Waals surface area (Å²) in [6, 6.07) is 0. The Balaban J connectivity index is -0.000000643. The van der Waals surface area contributed by atoms with Crippen LogP contribution in [0.4, 0.5) is 0 Å². The predicted octanol–water partition coefficient (Wildman–Crippen LogP) is 7.82. The van der Waals surface area contributed by atoms with Gasteiger partial charge in [0.25, 0.3) is 0 Å². The minimum Gasteiger partial charge on any atom is -0.312 e. The van der Waals surface area contributed by atoms with Crippen molar-refractivity contribution in [3.05, 3.63) is 12.2 Å². The van der Waals surface area contributed by atoms with Crippen molar-refractivity contribution in [2.45, 2.75) is 117 Å². The molecule has 0 rings (SSSR count). The first-order valence-electron chi connectivity index (χ1n) is 11.3. The Morgan fingerprint density at radius 2 is 0.885 bits per heavy atom. The quantitative estimate of drug-likeness (QED) is 0.166. The van der Waals surface area contributed by atoms with E-state index in [0.717, 1.165) is 19.1 Å². The number of carbonyl (C=O) groups excluding carboxylic acids is 1. The van der Waals surface area contributed by atoms with Crippen molar-refractivity contribution in [3.8, 4) is 0 Å². The van der Waals surface area contributed by atoms with E-state index in [9.17, 15) is 4.79 Å². The maximum absolute atomic E-state index is 10.1. The number of unbranched alkanes of at least 4 members (excludes halogenated alkanes) is 12. The van der Waals surface area contributed by atoms with E-state index >= 15 is 0 Å². The summed E-state index contributed by atoms with van der Waals surface area (Å²) in [5.74, 6) is 0. The molecule has 0 atom stereocenters. The van der Waals surface area contributed by atoms with Crippen LogP contribution < -0.4 is 0 Å². The largest absolute Gasteiger partial charge is 0.312 e. The molecule has 2 nitrogen and oxygen atoms in total. The number of rotatable bonds is 15. The first-order chi connectivity index (χ1) is 12.6. The van der Waals surface area contributed by atoms with Gasteiger partial charge in [0.05, 0.1) is 0 Å². The molecular formula is C24H51NO. The number of hydrogen-bond donors (Lipinski definition) is 0. The van der Waals surface area contributed by atoms with E-state index in [-0.39, 0.29) is 0 Å². The van der Waals surface area contributed by atoms with Crippen LogP contribution in [-0.4, -0.2) is 32.3 Å². The second kappa shape index (κ2) is 32.1. The topological polar surface area (TPSA) is 20.3 Å². The molecule has 0 amide bonds. The summed E-state index contributed by atoms with van der Waals surface area (Å²) in [4.78, 5) is 12.1. The van der Waals surface area contributed by atoms with Crippen LogP contribution in [-0.2, 0) is 4.79 Å². The van der Waals surface area contributed by atoms with Gasteiger partial charge in [0.15, 0.2) is 0 Å². The van der Waals surface area contributed by atoms with Gasteiger partial charge >= 0.3 is 0 Å². The number of aldehydes is 1. The Hall–Kier alpha value is -0.630. The van der Waals surface area contributed by atoms with E-state index in [1.54, 1.807) is 0 Å². The molecule has 2 heteroatoms. The third kappa shape index (κ3) is 49.5. The van der Waals surface area contributed by atoms with Gasteiger partial charge in [-0.1, -0.05) is 90.7 Å². The van der Waals surface area contributed by atoms with Crippen molar-refractivity contribution in [1.29, 1.82) is 0 Å². The van der Waals surface area contributed by atoms with Crippen LogP contribution in [0.1, 0.15) is 117 Å². The molecule has 0 unspecified atom stereocenters. The fourth-order valence-corrected chi connectivity index (χ4v) is 2.30. The van der Waals surface area contributed by atoms with E-state index in [1.165, 1.54) is 83.5 Å². The van der Waals surface area contributed by atoms with Gasteiger partial charge in [-0.05, 0) is 53.2 Å². The van der Waals surface area contributed by atoms with Gasteiger partial charge in [-0.3, -0.25) is 0 Å². The minimum absolute atomic E-state index is 0.748. The number of carbonyl (C=O) groups is 1. The second-order valence-corrected chi connectivity index (χ2v) is 7.59. The summed E-state index contributed by atoms with van der Waals surface area (Å²) >= 11 is 0. The maximum Gasteiger partial charge on any atom is 0.119 e. The van der Waals surface area contributed by atoms with Crippen LogP contribution in [0, 0.1) is 0 Å². The van der Waals surface area contributed by atoms with Crippen LogP contribution in [0.15, 0.2) is 12.2 Å². The molecule has 26 heavy (non-hydrogen) atoms. The molecule has 0 radical (unpaired) electrons. The van der Waals surface area contributed by atoms with E-state index in [0.29, 0.717) is 0 Å². The predicted molar refractivity (Wildman–Crippen MR) is 121 cm³/mol. The average molecular weight is 370 g/mol. The van der Waals surface area contributed by atoms with Gasteiger partial charge in [0.2, 0.25) is 0 Å². The molecule has 0 aliphatic rings. The van der Waals surface area contributed by atoms with Crippen LogP contribution >= 0.6 is 0 Å².